The predicted octanol–water partition coefficient (Wildman–Crippen LogP) is 3.67. The number of benzene rings is 1. The van der Waals surface area contributed by atoms with E-state index >= 15 is 0 Å². The van der Waals surface area contributed by atoms with Crippen LogP contribution in [0.4, 0.5) is 0 Å². The molecule has 0 aliphatic rings. The lowest BCUT2D eigenvalue weighted by atomic mass is 10.1. The quantitative estimate of drug-likeness (QED) is 0.812. The summed E-state index contributed by atoms with van der Waals surface area (Å²) in [6.45, 7) is 2.90. The van der Waals surface area contributed by atoms with Crippen LogP contribution in [0, 0.1) is 0 Å². The topological polar surface area (TPSA) is 42.0 Å². The van der Waals surface area contributed by atoms with Crippen LogP contribution in [0.15, 0.2) is 48.8 Å². The zero-order valence-electron chi connectivity index (χ0n) is 11.8. The van der Waals surface area contributed by atoms with Gasteiger partial charge in [-0.25, -0.2) is 0 Å². The van der Waals surface area contributed by atoms with E-state index in [0.29, 0.717) is 5.56 Å². The van der Waals surface area contributed by atoms with Gasteiger partial charge in [0, 0.05) is 24.5 Å². The summed E-state index contributed by atoms with van der Waals surface area (Å²) in [5.74, 6) is -0.00107. The van der Waals surface area contributed by atoms with Crippen LogP contribution in [-0.2, 0) is 0 Å². The molecular formula is C17H20N2O. The zero-order chi connectivity index (χ0) is 14.2. The molecule has 0 radical (unpaired) electrons. The van der Waals surface area contributed by atoms with Gasteiger partial charge in [0.05, 0.1) is 0 Å². The summed E-state index contributed by atoms with van der Waals surface area (Å²) in [6.07, 6.45) is 6.92. The summed E-state index contributed by atoms with van der Waals surface area (Å²) in [4.78, 5) is 16.0. The van der Waals surface area contributed by atoms with E-state index in [1.165, 1.54) is 0 Å². The molecule has 0 saturated carbocycles. The minimum atomic E-state index is -0.00107. The molecule has 0 saturated heterocycles. The highest BCUT2D eigenvalue weighted by Crippen LogP contribution is 2.18. The van der Waals surface area contributed by atoms with Gasteiger partial charge in [-0.15, -0.1) is 0 Å². The first kappa shape index (κ1) is 14.3. The largest absolute Gasteiger partial charge is 0.352 e. The van der Waals surface area contributed by atoms with E-state index in [1.54, 1.807) is 6.20 Å². The fourth-order valence-electron chi connectivity index (χ4n) is 2.03. The van der Waals surface area contributed by atoms with Gasteiger partial charge in [0.2, 0.25) is 0 Å². The second-order valence-electron chi connectivity index (χ2n) is 4.78. The van der Waals surface area contributed by atoms with Crippen LogP contribution in [0.25, 0.3) is 11.1 Å². The average molecular weight is 268 g/mol. The van der Waals surface area contributed by atoms with E-state index in [9.17, 15) is 4.79 Å². The van der Waals surface area contributed by atoms with Crippen molar-refractivity contribution in [3.8, 4) is 11.1 Å². The van der Waals surface area contributed by atoms with Gasteiger partial charge in [-0.2, -0.15) is 0 Å². The Kier molecular flexibility index (Phi) is 5.30. The van der Waals surface area contributed by atoms with Crippen LogP contribution in [0.5, 0.6) is 0 Å². The Morgan fingerprint density at radius 1 is 1.10 bits per heavy atom. The number of rotatable bonds is 6. The van der Waals surface area contributed by atoms with Gasteiger partial charge in [-0.05, 0) is 35.7 Å². The van der Waals surface area contributed by atoms with E-state index in [-0.39, 0.29) is 5.91 Å². The van der Waals surface area contributed by atoms with Crippen molar-refractivity contribution in [1.82, 2.24) is 10.3 Å². The lowest BCUT2D eigenvalue weighted by Gasteiger charge is -2.06. The highest BCUT2D eigenvalue weighted by molar-refractivity contribution is 5.94. The molecule has 3 nitrogen and oxygen atoms in total. The molecule has 0 atom stereocenters. The van der Waals surface area contributed by atoms with E-state index in [0.717, 1.165) is 36.9 Å². The van der Waals surface area contributed by atoms with Crippen LogP contribution in [0.2, 0.25) is 0 Å². The molecule has 1 N–H and O–H groups in total. The van der Waals surface area contributed by atoms with Crippen molar-refractivity contribution in [2.75, 3.05) is 6.54 Å². The molecule has 104 valence electrons. The van der Waals surface area contributed by atoms with Crippen molar-refractivity contribution < 1.29 is 4.79 Å². The summed E-state index contributed by atoms with van der Waals surface area (Å²) >= 11 is 0. The number of pyridine rings is 1. The van der Waals surface area contributed by atoms with Crippen LogP contribution >= 0.6 is 0 Å². The van der Waals surface area contributed by atoms with Crippen molar-refractivity contribution in [2.45, 2.75) is 26.2 Å². The smallest absolute Gasteiger partial charge is 0.251 e. The fourth-order valence-corrected chi connectivity index (χ4v) is 2.03. The second-order valence-corrected chi connectivity index (χ2v) is 4.78. The Morgan fingerprint density at radius 2 is 1.90 bits per heavy atom. The first-order valence-corrected chi connectivity index (χ1v) is 7.10. The molecule has 3 heteroatoms. The SMILES string of the molecule is CCCCCNC(=O)c1ccc(-c2cccnc2)cc1. The van der Waals surface area contributed by atoms with Crippen molar-refractivity contribution in [3.63, 3.8) is 0 Å². The molecule has 1 amide bonds. The third-order valence-electron chi connectivity index (χ3n) is 3.21. The van der Waals surface area contributed by atoms with Gasteiger partial charge in [-0.1, -0.05) is 38.0 Å². The third-order valence-corrected chi connectivity index (χ3v) is 3.21. The number of nitrogens with zero attached hydrogens (tertiary/aromatic N) is 1. The lowest BCUT2D eigenvalue weighted by Crippen LogP contribution is -2.24. The second kappa shape index (κ2) is 7.43. The number of hydrogen-bond donors (Lipinski definition) is 1. The van der Waals surface area contributed by atoms with Crippen molar-refractivity contribution >= 4 is 5.91 Å². The standard InChI is InChI=1S/C17H20N2O/c1-2-3-4-12-19-17(20)15-9-7-14(8-10-15)16-6-5-11-18-13-16/h5-11,13H,2-4,12H2,1H3,(H,19,20). The van der Waals surface area contributed by atoms with Crippen molar-refractivity contribution in [1.29, 1.82) is 0 Å². The molecule has 1 aromatic carbocycles. The van der Waals surface area contributed by atoms with Crippen molar-refractivity contribution in [3.05, 3.63) is 54.4 Å². The Balaban J connectivity index is 1.96. The monoisotopic (exact) mass is 268 g/mol. The highest BCUT2D eigenvalue weighted by atomic mass is 16.1. The Labute approximate surface area is 120 Å². The Hall–Kier alpha value is -2.16. The summed E-state index contributed by atoms with van der Waals surface area (Å²) in [5, 5.41) is 2.94. The summed E-state index contributed by atoms with van der Waals surface area (Å²) in [7, 11) is 0. The van der Waals surface area contributed by atoms with E-state index in [2.05, 4.69) is 17.2 Å². The van der Waals surface area contributed by atoms with Gasteiger partial charge < -0.3 is 5.32 Å². The summed E-state index contributed by atoms with van der Waals surface area (Å²) < 4.78 is 0. The molecule has 0 spiro atoms. The van der Waals surface area contributed by atoms with Gasteiger partial charge in [-0.3, -0.25) is 9.78 Å². The molecule has 20 heavy (non-hydrogen) atoms. The van der Waals surface area contributed by atoms with Crippen LogP contribution in [0.1, 0.15) is 36.5 Å². The van der Waals surface area contributed by atoms with Gasteiger partial charge >= 0.3 is 0 Å². The zero-order valence-corrected chi connectivity index (χ0v) is 11.8. The van der Waals surface area contributed by atoms with Gasteiger partial charge in [0.25, 0.3) is 5.91 Å². The average Bonchev–Trinajstić information content (AvgIpc) is 2.52. The number of carbonyl (C=O) groups excluding carboxylic acids is 1. The number of unbranched alkanes of at least 4 members (excludes halogenated alkanes) is 2. The van der Waals surface area contributed by atoms with Gasteiger partial charge in [0.1, 0.15) is 0 Å². The Bertz CT molecular complexity index is 535. The van der Waals surface area contributed by atoms with E-state index < -0.39 is 0 Å². The van der Waals surface area contributed by atoms with Crippen LogP contribution < -0.4 is 5.32 Å². The molecule has 0 aliphatic carbocycles. The first-order chi connectivity index (χ1) is 9.81. The maximum Gasteiger partial charge on any atom is 0.251 e. The number of hydrogen-bond acceptors (Lipinski definition) is 2. The van der Waals surface area contributed by atoms with E-state index in [1.807, 2.05) is 42.6 Å². The molecule has 0 fully saturated rings. The number of carbonyl (C=O) groups is 1. The summed E-state index contributed by atoms with van der Waals surface area (Å²) in [5.41, 5.74) is 2.83. The van der Waals surface area contributed by atoms with Crippen molar-refractivity contribution in [2.24, 2.45) is 0 Å². The maximum atomic E-state index is 11.9. The molecular weight excluding hydrogens is 248 g/mol. The molecule has 1 heterocycles. The normalized spacial score (nSPS) is 10.2. The lowest BCUT2D eigenvalue weighted by molar-refractivity contribution is 0.0953. The maximum absolute atomic E-state index is 11.9. The molecule has 2 rings (SSSR count). The third kappa shape index (κ3) is 3.92. The molecule has 0 aliphatic heterocycles. The summed E-state index contributed by atoms with van der Waals surface area (Å²) in [6, 6.07) is 11.5. The molecule has 1 aromatic heterocycles. The molecule has 2 aromatic rings. The van der Waals surface area contributed by atoms with Gasteiger partial charge in [0.15, 0.2) is 0 Å². The minimum Gasteiger partial charge on any atom is -0.352 e. The molecule has 0 unspecified atom stereocenters. The highest BCUT2D eigenvalue weighted by Gasteiger charge is 2.05. The minimum absolute atomic E-state index is 0.00107. The fraction of sp³-hybridized carbons (Fsp3) is 0.294. The van der Waals surface area contributed by atoms with Crippen LogP contribution in [-0.4, -0.2) is 17.4 Å². The number of nitrogens with one attached hydrogen (secondary N) is 1. The number of aromatic nitrogens is 1. The molecule has 0 bridgehead atoms. The van der Waals surface area contributed by atoms with Crippen LogP contribution in [0.3, 0.4) is 0 Å². The predicted molar refractivity (Wildman–Crippen MR) is 81.5 cm³/mol. The number of amides is 1. The Morgan fingerprint density at radius 3 is 2.55 bits per heavy atom. The van der Waals surface area contributed by atoms with E-state index in [4.69, 9.17) is 0 Å². The first-order valence-electron chi connectivity index (χ1n) is 7.10.